The van der Waals surface area contributed by atoms with Crippen LogP contribution in [0.25, 0.3) is 0 Å². The smallest absolute Gasteiger partial charge is 0.239 e. The van der Waals surface area contributed by atoms with Gasteiger partial charge in [-0.2, -0.15) is 0 Å². The Morgan fingerprint density at radius 1 is 1.44 bits per heavy atom. The van der Waals surface area contributed by atoms with Gasteiger partial charge in [0.15, 0.2) is 0 Å². The second-order valence-corrected chi connectivity index (χ2v) is 4.54. The number of nitrogens with zero attached hydrogens (tertiary/aromatic N) is 1. The molecule has 1 aromatic carbocycles. The van der Waals surface area contributed by atoms with Crippen molar-refractivity contribution in [2.75, 3.05) is 24.5 Å². The van der Waals surface area contributed by atoms with Gasteiger partial charge in [0.05, 0.1) is 12.6 Å². The molecule has 3 N–H and O–H groups in total. The molecule has 18 heavy (non-hydrogen) atoms. The first kappa shape index (κ1) is 12.7. The van der Waals surface area contributed by atoms with E-state index in [1.807, 2.05) is 11.0 Å². The second kappa shape index (κ2) is 5.27. The summed E-state index contributed by atoms with van der Waals surface area (Å²) in [7, 11) is 0. The largest absolute Gasteiger partial charge is 0.507 e. The maximum absolute atomic E-state index is 11.5. The SMILES string of the molecule is CC(O)c1ccc(N2CCCNC(=O)C2)cc1O. The average molecular weight is 250 g/mol. The fourth-order valence-corrected chi connectivity index (χ4v) is 2.11. The quantitative estimate of drug-likeness (QED) is 0.725. The number of benzene rings is 1. The Hall–Kier alpha value is -1.75. The molecule has 1 fully saturated rings. The van der Waals surface area contributed by atoms with Gasteiger partial charge in [0.2, 0.25) is 5.91 Å². The normalized spacial score (nSPS) is 18.1. The summed E-state index contributed by atoms with van der Waals surface area (Å²) in [5, 5.41) is 22.1. The minimum absolute atomic E-state index is 0.00778. The summed E-state index contributed by atoms with van der Waals surface area (Å²) in [6, 6.07) is 5.11. The van der Waals surface area contributed by atoms with Gasteiger partial charge in [-0.3, -0.25) is 4.79 Å². The number of nitrogens with one attached hydrogen (secondary N) is 1. The molecule has 0 radical (unpaired) electrons. The average Bonchev–Trinajstić information content (AvgIpc) is 2.53. The minimum atomic E-state index is -0.702. The van der Waals surface area contributed by atoms with Crippen LogP contribution in [0.2, 0.25) is 0 Å². The Labute approximate surface area is 106 Å². The summed E-state index contributed by atoms with van der Waals surface area (Å²) in [5.74, 6) is 0.0544. The summed E-state index contributed by atoms with van der Waals surface area (Å²) >= 11 is 0. The van der Waals surface area contributed by atoms with E-state index in [0.717, 1.165) is 18.7 Å². The lowest BCUT2D eigenvalue weighted by Gasteiger charge is -2.22. The van der Waals surface area contributed by atoms with Crippen LogP contribution >= 0.6 is 0 Å². The van der Waals surface area contributed by atoms with Crippen LogP contribution < -0.4 is 10.2 Å². The summed E-state index contributed by atoms with van der Waals surface area (Å²) in [5.41, 5.74) is 1.30. The number of aromatic hydroxyl groups is 1. The molecule has 1 amide bonds. The third kappa shape index (κ3) is 2.73. The van der Waals surface area contributed by atoms with E-state index >= 15 is 0 Å². The molecule has 0 spiro atoms. The van der Waals surface area contributed by atoms with Crippen LogP contribution in [0.3, 0.4) is 0 Å². The molecule has 2 rings (SSSR count). The maximum Gasteiger partial charge on any atom is 0.239 e. The van der Waals surface area contributed by atoms with Crippen molar-refractivity contribution in [3.63, 3.8) is 0 Å². The fraction of sp³-hybridized carbons (Fsp3) is 0.462. The lowest BCUT2D eigenvalue weighted by atomic mass is 10.1. The Bertz CT molecular complexity index is 446. The van der Waals surface area contributed by atoms with Crippen LogP contribution in [0.15, 0.2) is 18.2 Å². The van der Waals surface area contributed by atoms with Gasteiger partial charge in [-0.05, 0) is 19.4 Å². The van der Waals surface area contributed by atoms with Crippen LogP contribution in [0.5, 0.6) is 5.75 Å². The Balaban J connectivity index is 2.22. The van der Waals surface area contributed by atoms with E-state index in [4.69, 9.17) is 0 Å². The van der Waals surface area contributed by atoms with E-state index < -0.39 is 6.10 Å². The highest BCUT2D eigenvalue weighted by molar-refractivity contribution is 5.81. The van der Waals surface area contributed by atoms with Crippen LogP contribution in [-0.2, 0) is 4.79 Å². The lowest BCUT2D eigenvalue weighted by molar-refractivity contribution is -0.119. The number of aliphatic hydroxyl groups is 1. The topological polar surface area (TPSA) is 72.8 Å². The Morgan fingerprint density at radius 3 is 2.89 bits per heavy atom. The standard InChI is InChI=1S/C13H18N2O3/c1-9(16)11-4-3-10(7-12(11)17)15-6-2-5-14-13(18)8-15/h3-4,7,9,16-17H,2,5-6,8H2,1H3,(H,14,18). The molecule has 0 aliphatic carbocycles. The third-order valence-corrected chi connectivity index (χ3v) is 3.09. The number of amides is 1. The molecule has 1 unspecified atom stereocenters. The van der Waals surface area contributed by atoms with Crippen molar-refractivity contribution in [2.45, 2.75) is 19.4 Å². The van der Waals surface area contributed by atoms with Gasteiger partial charge in [-0.1, -0.05) is 6.07 Å². The number of hydrogen-bond donors (Lipinski definition) is 3. The predicted molar refractivity (Wildman–Crippen MR) is 68.6 cm³/mol. The lowest BCUT2D eigenvalue weighted by Crippen LogP contribution is -2.32. The van der Waals surface area contributed by atoms with E-state index in [0.29, 0.717) is 18.7 Å². The zero-order valence-corrected chi connectivity index (χ0v) is 10.4. The highest BCUT2D eigenvalue weighted by atomic mass is 16.3. The van der Waals surface area contributed by atoms with Crippen molar-refractivity contribution in [3.05, 3.63) is 23.8 Å². The molecule has 1 heterocycles. The first-order valence-electron chi connectivity index (χ1n) is 6.10. The number of anilines is 1. The summed E-state index contributed by atoms with van der Waals surface area (Å²) in [6.45, 7) is 3.36. The van der Waals surface area contributed by atoms with Gasteiger partial charge in [0.1, 0.15) is 5.75 Å². The van der Waals surface area contributed by atoms with Gasteiger partial charge >= 0.3 is 0 Å². The molecule has 98 valence electrons. The molecule has 0 bridgehead atoms. The van der Waals surface area contributed by atoms with Crippen LogP contribution in [0.1, 0.15) is 25.0 Å². The van der Waals surface area contributed by atoms with Gasteiger partial charge in [-0.15, -0.1) is 0 Å². The molecule has 0 saturated carbocycles. The fourth-order valence-electron chi connectivity index (χ4n) is 2.11. The summed E-state index contributed by atoms with van der Waals surface area (Å²) < 4.78 is 0. The number of aliphatic hydroxyl groups excluding tert-OH is 1. The monoisotopic (exact) mass is 250 g/mol. The molecule has 5 heteroatoms. The molecule has 1 aliphatic rings. The van der Waals surface area contributed by atoms with Crippen molar-refractivity contribution in [2.24, 2.45) is 0 Å². The molecule has 0 aromatic heterocycles. The van der Waals surface area contributed by atoms with Crippen LogP contribution in [0, 0.1) is 0 Å². The zero-order valence-electron chi connectivity index (χ0n) is 10.4. The van der Waals surface area contributed by atoms with Gasteiger partial charge in [-0.25, -0.2) is 0 Å². The summed E-state index contributed by atoms with van der Waals surface area (Å²) in [6.07, 6.45) is 0.177. The molecular weight excluding hydrogens is 232 g/mol. The van der Waals surface area contributed by atoms with Crippen molar-refractivity contribution in [1.29, 1.82) is 0 Å². The number of carbonyl (C=O) groups excluding carboxylic acids is 1. The minimum Gasteiger partial charge on any atom is -0.507 e. The highest BCUT2D eigenvalue weighted by Gasteiger charge is 2.16. The predicted octanol–water partition coefficient (Wildman–Crippen LogP) is 0.772. The second-order valence-electron chi connectivity index (χ2n) is 4.54. The zero-order chi connectivity index (χ0) is 13.1. The van der Waals surface area contributed by atoms with Gasteiger partial charge < -0.3 is 20.4 Å². The molecule has 5 nitrogen and oxygen atoms in total. The first-order chi connectivity index (χ1) is 8.58. The van der Waals surface area contributed by atoms with Crippen molar-refractivity contribution >= 4 is 11.6 Å². The van der Waals surface area contributed by atoms with E-state index in [1.54, 1.807) is 19.1 Å². The van der Waals surface area contributed by atoms with E-state index in [1.165, 1.54) is 0 Å². The highest BCUT2D eigenvalue weighted by Crippen LogP contribution is 2.29. The van der Waals surface area contributed by atoms with Gasteiger partial charge in [0, 0.05) is 30.4 Å². The maximum atomic E-state index is 11.5. The Morgan fingerprint density at radius 2 is 2.22 bits per heavy atom. The molecule has 1 atom stereocenters. The Kier molecular flexibility index (Phi) is 3.72. The molecule has 1 aromatic rings. The first-order valence-corrected chi connectivity index (χ1v) is 6.10. The molecular formula is C13H18N2O3. The number of phenolic OH excluding ortho intramolecular Hbond substituents is 1. The van der Waals surface area contributed by atoms with Crippen LogP contribution in [-0.4, -0.2) is 35.8 Å². The molecule has 1 saturated heterocycles. The number of carbonyl (C=O) groups is 1. The van der Waals surface area contributed by atoms with Crippen molar-refractivity contribution < 1.29 is 15.0 Å². The van der Waals surface area contributed by atoms with Crippen LogP contribution in [0.4, 0.5) is 5.69 Å². The summed E-state index contributed by atoms with van der Waals surface area (Å²) in [4.78, 5) is 13.4. The van der Waals surface area contributed by atoms with Crippen molar-refractivity contribution in [1.82, 2.24) is 5.32 Å². The third-order valence-electron chi connectivity index (χ3n) is 3.09. The van der Waals surface area contributed by atoms with Crippen molar-refractivity contribution in [3.8, 4) is 5.75 Å². The number of rotatable bonds is 2. The number of hydrogen-bond acceptors (Lipinski definition) is 4. The van der Waals surface area contributed by atoms with E-state index in [2.05, 4.69) is 5.32 Å². The van der Waals surface area contributed by atoms with Gasteiger partial charge in [0.25, 0.3) is 0 Å². The number of phenols is 1. The van der Waals surface area contributed by atoms with E-state index in [-0.39, 0.29) is 11.7 Å². The molecule has 1 aliphatic heterocycles. The van der Waals surface area contributed by atoms with E-state index in [9.17, 15) is 15.0 Å².